The van der Waals surface area contributed by atoms with Gasteiger partial charge in [-0.05, 0) is 31.5 Å². The Morgan fingerprint density at radius 2 is 2.11 bits per heavy atom. The van der Waals surface area contributed by atoms with E-state index < -0.39 is 0 Å². The molecule has 1 aromatic rings. The van der Waals surface area contributed by atoms with E-state index in [9.17, 15) is 5.11 Å². The summed E-state index contributed by atoms with van der Waals surface area (Å²) in [6.45, 7) is 6.06. The van der Waals surface area contributed by atoms with E-state index in [4.69, 9.17) is 0 Å². The topological polar surface area (TPSA) is 35.5 Å². The fourth-order valence-corrected chi connectivity index (χ4v) is 2.75. The van der Waals surface area contributed by atoms with Crippen LogP contribution in [0.4, 0.5) is 0 Å². The monoisotopic (exact) mass is 262 g/mol. The molecule has 19 heavy (non-hydrogen) atoms. The van der Waals surface area contributed by atoms with Gasteiger partial charge in [-0.3, -0.25) is 4.90 Å². The molecular formula is C16H26N2O. The first kappa shape index (κ1) is 14.5. The van der Waals surface area contributed by atoms with Crippen molar-refractivity contribution >= 4 is 0 Å². The molecule has 0 aromatic heterocycles. The number of likely N-dealkylation sites (N-methyl/N-ethyl adjacent to an activating group) is 1. The van der Waals surface area contributed by atoms with Crippen molar-refractivity contribution < 1.29 is 5.11 Å². The van der Waals surface area contributed by atoms with Gasteiger partial charge in [0.05, 0.1) is 6.10 Å². The molecule has 0 amide bonds. The Kier molecular flexibility index (Phi) is 5.83. The van der Waals surface area contributed by atoms with Crippen LogP contribution in [0.5, 0.6) is 0 Å². The minimum atomic E-state index is -0.384. The number of hydrogen-bond acceptors (Lipinski definition) is 3. The van der Waals surface area contributed by atoms with Crippen molar-refractivity contribution in [2.24, 2.45) is 0 Å². The summed E-state index contributed by atoms with van der Waals surface area (Å²) in [6, 6.07) is 10.5. The Hall–Kier alpha value is -0.900. The molecule has 1 aliphatic rings. The Morgan fingerprint density at radius 3 is 2.74 bits per heavy atom. The average molecular weight is 262 g/mol. The van der Waals surface area contributed by atoms with E-state index in [0.29, 0.717) is 6.04 Å². The van der Waals surface area contributed by atoms with Gasteiger partial charge in [-0.2, -0.15) is 0 Å². The minimum absolute atomic E-state index is 0.384. The molecule has 1 aromatic carbocycles. The molecule has 106 valence electrons. The minimum Gasteiger partial charge on any atom is -0.387 e. The van der Waals surface area contributed by atoms with Crippen LogP contribution in [0.25, 0.3) is 0 Å². The number of hydrogen-bond donors (Lipinski definition) is 2. The fourth-order valence-electron chi connectivity index (χ4n) is 2.75. The molecule has 2 N–H and O–H groups in total. The van der Waals surface area contributed by atoms with Crippen LogP contribution < -0.4 is 5.32 Å². The lowest BCUT2D eigenvalue weighted by Gasteiger charge is -2.31. The van der Waals surface area contributed by atoms with Crippen LogP contribution in [-0.4, -0.2) is 42.2 Å². The summed E-state index contributed by atoms with van der Waals surface area (Å²) in [4.78, 5) is 2.35. The summed E-state index contributed by atoms with van der Waals surface area (Å²) in [6.07, 6.45) is 3.51. The number of piperidine rings is 1. The molecule has 0 saturated carbocycles. The van der Waals surface area contributed by atoms with Gasteiger partial charge in [0.2, 0.25) is 0 Å². The summed E-state index contributed by atoms with van der Waals surface area (Å²) < 4.78 is 0. The summed E-state index contributed by atoms with van der Waals surface area (Å²) in [7, 11) is 0. The maximum Gasteiger partial charge on any atom is 0.0916 e. The highest BCUT2D eigenvalue weighted by molar-refractivity contribution is 5.17. The SMILES string of the molecule is CCN(CC1CCCCN1)CC(O)c1ccccc1. The van der Waals surface area contributed by atoms with Gasteiger partial charge >= 0.3 is 0 Å². The second-order valence-electron chi connectivity index (χ2n) is 5.43. The normalized spacial score (nSPS) is 21.5. The van der Waals surface area contributed by atoms with Gasteiger partial charge in [-0.1, -0.05) is 43.7 Å². The van der Waals surface area contributed by atoms with Crippen LogP contribution in [0.2, 0.25) is 0 Å². The zero-order valence-electron chi connectivity index (χ0n) is 11.9. The maximum atomic E-state index is 10.3. The molecule has 1 fully saturated rings. The van der Waals surface area contributed by atoms with Crippen LogP contribution in [0.15, 0.2) is 30.3 Å². The van der Waals surface area contributed by atoms with Gasteiger partial charge in [-0.15, -0.1) is 0 Å². The highest BCUT2D eigenvalue weighted by Gasteiger charge is 2.18. The van der Waals surface area contributed by atoms with Crippen molar-refractivity contribution in [1.29, 1.82) is 0 Å². The first-order valence-corrected chi connectivity index (χ1v) is 7.48. The molecular weight excluding hydrogens is 236 g/mol. The van der Waals surface area contributed by atoms with Crippen LogP contribution >= 0.6 is 0 Å². The lowest BCUT2D eigenvalue weighted by atomic mass is 10.0. The summed E-state index contributed by atoms with van der Waals surface area (Å²) in [5, 5.41) is 13.9. The first-order chi connectivity index (χ1) is 9.29. The lowest BCUT2D eigenvalue weighted by Crippen LogP contribution is -2.44. The predicted molar refractivity (Wildman–Crippen MR) is 79.2 cm³/mol. The Balaban J connectivity index is 1.84. The summed E-state index contributed by atoms with van der Waals surface area (Å²) in [5.74, 6) is 0. The molecule has 0 aliphatic carbocycles. The van der Waals surface area contributed by atoms with E-state index >= 15 is 0 Å². The van der Waals surface area contributed by atoms with Crippen molar-refractivity contribution in [2.75, 3.05) is 26.2 Å². The van der Waals surface area contributed by atoms with Crippen LogP contribution in [0.1, 0.15) is 37.9 Å². The fraction of sp³-hybridized carbons (Fsp3) is 0.625. The third kappa shape index (κ3) is 4.60. The van der Waals surface area contributed by atoms with Gasteiger partial charge in [0.25, 0.3) is 0 Å². The third-order valence-electron chi connectivity index (χ3n) is 3.95. The van der Waals surface area contributed by atoms with Gasteiger partial charge in [0.1, 0.15) is 0 Å². The Morgan fingerprint density at radius 1 is 1.32 bits per heavy atom. The van der Waals surface area contributed by atoms with Gasteiger partial charge in [-0.25, -0.2) is 0 Å². The van der Waals surface area contributed by atoms with Crippen molar-refractivity contribution in [3.05, 3.63) is 35.9 Å². The van der Waals surface area contributed by atoms with Crippen molar-refractivity contribution in [1.82, 2.24) is 10.2 Å². The molecule has 2 atom stereocenters. The Labute approximate surface area is 116 Å². The van der Waals surface area contributed by atoms with Crippen molar-refractivity contribution in [3.63, 3.8) is 0 Å². The molecule has 1 heterocycles. The van der Waals surface area contributed by atoms with Crippen LogP contribution in [0.3, 0.4) is 0 Å². The molecule has 0 bridgehead atoms. The predicted octanol–water partition coefficient (Wildman–Crippen LogP) is 2.18. The molecule has 2 unspecified atom stereocenters. The molecule has 2 rings (SSSR count). The molecule has 0 spiro atoms. The van der Waals surface area contributed by atoms with E-state index in [2.05, 4.69) is 17.1 Å². The highest BCUT2D eigenvalue weighted by atomic mass is 16.3. The van der Waals surface area contributed by atoms with Crippen molar-refractivity contribution in [3.8, 4) is 0 Å². The smallest absolute Gasteiger partial charge is 0.0916 e. The molecule has 0 radical (unpaired) electrons. The molecule has 3 nitrogen and oxygen atoms in total. The number of nitrogens with zero attached hydrogens (tertiary/aromatic N) is 1. The molecule has 3 heteroatoms. The number of nitrogens with one attached hydrogen (secondary N) is 1. The number of aliphatic hydroxyl groups excluding tert-OH is 1. The standard InChI is InChI=1S/C16H26N2O/c1-2-18(12-15-10-6-7-11-17-15)13-16(19)14-8-4-3-5-9-14/h3-5,8-9,15-17,19H,2,6-7,10-13H2,1H3. The van der Waals surface area contributed by atoms with E-state index in [1.54, 1.807) is 0 Å². The van der Waals surface area contributed by atoms with E-state index in [1.165, 1.54) is 19.3 Å². The number of rotatable bonds is 6. The zero-order valence-corrected chi connectivity index (χ0v) is 11.9. The summed E-state index contributed by atoms with van der Waals surface area (Å²) in [5.41, 5.74) is 1.01. The van der Waals surface area contributed by atoms with E-state index in [0.717, 1.165) is 31.7 Å². The third-order valence-corrected chi connectivity index (χ3v) is 3.95. The number of benzene rings is 1. The maximum absolute atomic E-state index is 10.3. The van der Waals surface area contributed by atoms with Gasteiger partial charge < -0.3 is 10.4 Å². The molecule has 1 saturated heterocycles. The lowest BCUT2D eigenvalue weighted by molar-refractivity contribution is 0.107. The van der Waals surface area contributed by atoms with Gasteiger partial charge in [0, 0.05) is 19.1 Å². The first-order valence-electron chi connectivity index (χ1n) is 7.48. The second-order valence-corrected chi connectivity index (χ2v) is 5.43. The largest absolute Gasteiger partial charge is 0.387 e. The average Bonchev–Trinajstić information content (AvgIpc) is 2.48. The van der Waals surface area contributed by atoms with Gasteiger partial charge in [0.15, 0.2) is 0 Å². The quantitative estimate of drug-likeness (QED) is 0.825. The van der Waals surface area contributed by atoms with Crippen LogP contribution in [0, 0.1) is 0 Å². The highest BCUT2D eigenvalue weighted by Crippen LogP contribution is 2.15. The number of aliphatic hydroxyl groups is 1. The Bertz CT molecular complexity index is 349. The van der Waals surface area contributed by atoms with E-state index in [-0.39, 0.29) is 6.10 Å². The second kappa shape index (κ2) is 7.63. The van der Waals surface area contributed by atoms with E-state index in [1.807, 2.05) is 30.3 Å². The molecule has 1 aliphatic heterocycles. The van der Waals surface area contributed by atoms with Crippen LogP contribution in [-0.2, 0) is 0 Å². The van der Waals surface area contributed by atoms with Crippen molar-refractivity contribution in [2.45, 2.75) is 38.3 Å². The zero-order chi connectivity index (χ0) is 13.5. The summed E-state index contributed by atoms with van der Waals surface area (Å²) >= 11 is 0.